The molecule has 2 atom stereocenters. The molecule has 0 aliphatic heterocycles. The second kappa shape index (κ2) is 17.1. The lowest BCUT2D eigenvalue weighted by atomic mass is 9.94. The molecule has 0 radical (unpaired) electrons. The monoisotopic (exact) mass is 496 g/mol. The van der Waals surface area contributed by atoms with E-state index in [-0.39, 0.29) is 26.2 Å². The molecular weight excluding hydrogens is 460 g/mol. The zero-order valence-corrected chi connectivity index (χ0v) is 20.7. The molecular formula is C25H36O10. The van der Waals surface area contributed by atoms with Crippen LogP contribution < -0.4 is 0 Å². The molecule has 0 rings (SSSR count). The predicted octanol–water partition coefficient (Wildman–Crippen LogP) is 2.99. The molecule has 0 aromatic carbocycles. The first-order valence-corrected chi connectivity index (χ1v) is 11.3. The number of hydrogen-bond acceptors (Lipinski definition) is 10. The van der Waals surface area contributed by atoms with E-state index in [1.807, 2.05) is 6.92 Å². The molecule has 10 nitrogen and oxygen atoms in total. The van der Waals surface area contributed by atoms with E-state index in [4.69, 9.17) is 23.7 Å². The van der Waals surface area contributed by atoms with Crippen molar-refractivity contribution in [3.05, 3.63) is 38.0 Å². The molecule has 0 aliphatic carbocycles. The Morgan fingerprint density at radius 3 is 1.74 bits per heavy atom. The summed E-state index contributed by atoms with van der Waals surface area (Å²) < 4.78 is 25.5. The minimum Gasteiger partial charge on any atom is -0.462 e. The van der Waals surface area contributed by atoms with E-state index in [0.29, 0.717) is 6.42 Å². The van der Waals surface area contributed by atoms with Crippen LogP contribution in [0, 0.1) is 5.41 Å². The minimum absolute atomic E-state index is 0.238. The van der Waals surface area contributed by atoms with Gasteiger partial charge < -0.3 is 23.7 Å². The summed E-state index contributed by atoms with van der Waals surface area (Å²) in [7, 11) is 0. The van der Waals surface area contributed by atoms with Gasteiger partial charge in [-0.2, -0.15) is 0 Å². The fourth-order valence-corrected chi connectivity index (χ4v) is 2.56. The largest absolute Gasteiger partial charge is 0.462 e. The summed E-state index contributed by atoms with van der Waals surface area (Å²) in [6.45, 7) is 14.0. The van der Waals surface area contributed by atoms with Crippen molar-refractivity contribution in [2.75, 3.05) is 19.8 Å². The van der Waals surface area contributed by atoms with E-state index in [0.717, 1.165) is 37.5 Å². The Hall–Kier alpha value is -3.43. The molecule has 10 heteroatoms. The van der Waals surface area contributed by atoms with Crippen LogP contribution in [0.4, 0.5) is 0 Å². The summed E-state index contributed by atoms with van der Waals surface area (Å²) >= 11 is 0. The van der Waals surface area contributed by atoms with Gasteiger partial charge in [-0.1, -0.05) is 45.9 Å². The SMILES string of the molecule is C=CC(=O)OCC(C)(COC(=O)C=C)COC(=O)C(C)OC(=O)C(CCCCCC)OC(=O)C=C. The van der Waals surface area contributed by atoms with Crippen LogP contribution in [0.15, 0.2) is 38.0 Å². The Balaban J connectivity index is 5.08. The van der Waals surface area contributed by atoms with Gasteiger partial charge in [-0.15, -0.1) is 0 Å². The highest BCUT2D eigenvalue weighted by molar-refractivity contribution is 5.86. The van der Waals surface area contributed by atoms with E-state index in [2.05, 4.69) is 19.7 Å². The summed E-state index contributed by atoms with van der Waals surface area (Å²) in [5.41, 5.74) is -1.10. The van der Waals surface area contributed by atoms with Gasteiger partial charge in [0.25, 0.3) is 0 Å². The van der Waals surface area contributed by atoms with Crippen molar-refractivity contribution in [3.63, 3.8) is 0 Å². The van der Waals surface area contributed by atoms with Crippen molar-refractivity contribution < 1.29 is 47.7 Å². The van der Waals surface area contributed by atoms with Crippen molar-refractivity contribution in [3.8, 4) is 0 Å². The molecule has 0 aromatic rings. The summed E-state index contributed by atoms with van der Waals surface area (Å²) in [5, 5.41) is 0. The van der Waals surface area contributed by atoms with Crippen LogP contribution >= 0.6 is 0 Å². The number of carbonyl (C=O) groups excluding carboxylic acids is 5. The van der Waals surface area contributed by atoms with E-state index in [9.17, 15) is 24.0 Å². The summed E-state index contributed by atoms with van der Waals surface area (Å²) in [6, 6.07) is 0. The molecule has 0 fully saturated rings. The molecule has 0 saturated heterocycles. The molecule has 0 spiro atoms. The lowest BCUT2D eigenvalue weighted by molar-refractivity contribution is -0.179. The van der Waals surface area contributed by atoms with Gasteiger partial charge in [0.1, 0.15) is 19.8 Å². The van der Waals surface area contributed by atoms with E-state index < -0.39 is 47.5 Å². The van der Waals surface area contributed by atoms with Gasteiger partial charge in [0.05, 0.1) is 5.41 Å². The maximum atomic E-state index is 12.5. The second-order valence-electron chi connectivity index (χ2n) is 8.10. The standard InChI is InChI=1S/C25H36O10/c1-7-11-12-13-14-19(35-22(28)10-4)24(30)34-18(5)23(29)33-17-25(6,15-31-20(26)8-2)16-32-21(27)9-3/h8-10,18-19H,2-4,7,11-17H2,1,5-6H3. The minimum atomic E-state index is -1.32. The highest BCUT2D eigenvalue weighted by atomic mass is 16.6. The second-order valence-corrected chi connectivity index (χ2v) is 8.10. The van der Waals surface area contributed by atoms with Gasteiger partial charge >= 0.3 is 29.8 Å². The molecule has 0 bridgehead atoms. The zero-order valence-electron chi connectivity index (χ0n) is 20.7. The molecule has 2 unspecified atom stereocenters. The lowest BCUT2D eigenvalue weighted by Crippen LogP contribution is -2.39. The molecule has 0 aliphatic rings. The van der Waals surface area contributed by atoms with Crippen molar-refractivity contribution in [1.82, 2.24) is 0 Å². The quantitative estimate of drug-likeness (QED) is 0.121. The normalized spacial score (nSPS) is 12.3. The van der Waals surface area contributed by atoms with Crippen LogP contribution in [-0.2, 0) is 47.7 Å². The number of esters is 5. The Bertz CT molecular complexity index is 746. The van der Waals surface area contributed by atoms with Crippen LogP contribution in [0.2, 0.25) is 0 Å². The number of hydrogen-bond donors (Lipinski definition) is 0. The first-order chi connectivity index (χ1) is 16.5. The van der Waals surface area contributed by atoms with Gasteiger partial charge in [0.2, 0.25) is 0 Å². The number of carbonyl (C=O) groups is 5. The smallest absolute Gasteiger partial charge is 0.348 e. The first kappa shape index (κ1) is 31.6. The van der Waals surface area contributed by atoms with E-state index >= 15 is 0 Å². The van der Waals surface area contributed by atoms with Crippen LogP contribution in [0.3, 0.4) is 0 Å². The highest BCUT2D eigenvalue weighted by Gasteiger charge is 2.33. The summed E-state index contributed by atoms with van der Waals surface area (Å²) in [4.78, 5) is 59.4. The van der Waals surface area contributed by atoms with Gasteiger partial charge in [-0.3, -0.25) is 0 Å². The number of unbranched alkanes of at least 4 members (excludes halogenated alkanes) is 3. The maximum absolute atomic E-state index is 12.5. The zero-order chi connectivity index (χ0) is 26.9. The van der Waals surface area contributed by atoms with Crippen molar-refractivity contribution in [2.45, 2.75) is 65.1 Å². The molecule has 0 saturated carbocycles. The van der Waals surface area contributed by atoms with Crippen LogP contribution in [-0.4, -0.2) is 61.9 Å². The third-order valence-corrected chi connectivity index (χ3v) is 4.65. The average Bonchev–Trinajstić information content (AvgIpc) is 2.85. The van der Waals surface area contributed by atoms with E-state index in [1.165, 1.54) is 6.92 Å². The fourth-order valence-electron chi connectivity index (χ4n) is 2.56. The molecule has 0 aromatic heterocycles. The fraction of sp³-hybridized carbons (Fsp3) is 0.560. The molecule has 0 amide bonds. The van der Waals surface area contributed by atoms with Crippen LogP contribution in [0.1, 0.15) is 52.9 Å². The highest BCUT2D eigenvalue weighted by Crippen LogP contribution is 2.20. The molecule has 35 heavy (non-hydrogen) atoms. The Morgan fingerprint density at radius 2 is 1.26 bits per heavy atom. The van der Waals surface area contributed by atoms with Gasteiger partial charge in [0.15, 0.2) is 12.2 Å². The Morgan fingerprint density at radius 1 is 0.743 bits per heavy atom. The predicted molar refractivity (Wildman–Crippen MR) is 126 cm³/mol. The van der Waals surface area contributed by atoms with Crippen molar-refractivity contribution in [1.29, 1.82) is 0 Å². The first-order valence-electron chi connectivity index (χ1n) is 11.3. The lowest BCUT2D eigenvalue weighted by Gasteiger charge is -2.28. The Kier molecular flexibility index (Phi) is 15.4. The van der Waals surface area contributed by atoms with Crippen molar-refractivity contribution >= 4 is 29.8 Å². The molecule has 196 valence electrons. The maximum Gasteiger partial charge on any atom is 0.348 e. The molecule has 0 N–H and O–H groups in total. The summed E-state index contributed by atoms with van der Waals surface area (Å²) in [6.07, 6.45) is 4.00. The third-order valence-electron chi connectivity index (χ3n) is 4.65. The number of rotatable bonds is 18. The average molecular weight is 497 g/mol. The third kappa shape index (κ3) is 13.8. The topological polar surface area (TPSA) is 132 Å². The van der Waals surface area contributed by atoms with E-state index in [1.54, 1.807) is 6.92 Å². The summed E-state index contributed by atoms with van der Waals surface area (Å²) in [5.74, 6) is -3.98. The molecule has 0 heterocycles. The van der Waals surface area contributed by atoms with Crippen LogP contribution in [0.25, 0.3) is 0 Å². The van der Waals surface area contributed by atoms with Crippen molar-refractivity contribution in [2.24, 2.45) is 5.41 Å². The number of ether oxygens (including phenoxy) is 5. The van der Waals surface area contributed by atoms with Gasteiger partial charge in [-0.25, -0.2) is 24.0 Å². The van der Waals surface area contributed by atoms with Gasteiger partial charge in [-0.05, 0) is 26.7 Å². The van der Waals surface area contributed by atoms with Gasteiger partial charge in [0, 0.05) is 18.2 Å². The Labute approximate surface area is 206 Å². The van der Waals surface area contributed by atoms with Crippen LogP contribution in [0.5, 0.6) is 0 Å².